The van der Waals surface area contributed by atoms with E-state index in [0.717, 1.165) is 43.5 Å². The van der Waals surface area contributed by atoms with Gasteiger partial charge in [0.25, 0.3) is 0 Å². The van der Waals surface area contributed by atoms with Crippen molar-refractivity contribution < 1.29 is 34.1 Å². The summed E-state index contributed by atoms with van der Waals surface area (Å²) in [6.07, 6.45) is 3.91. The number of carbonyl (C=O) groups is 3. The number of amides is 1. The van der Waals surface area contributed by atoms with E-state index < -0.39 is 11.9 Å². The van der Waals surface area contributed by atoms with Crippen LogP contribution in [0.4, 0.5) is 0 Å². The summed E-state index contributed by atoms with van der Waals surface area (Å²) in [6, 6.07) is 16.1. The third-order valence-electron chi connectivity index (χ3n) is 5.12. The molecule has 9 nitrogen and oxygen atoms in total. The maximum Gasteiger partial charge on any atom is 0.414 e. The van der Waals surface area contributed by atoms with Gasteiger partial charge in [-0.1, -0.05) is 62.7 Å². The van der Waals surface area contributed by atoms with Gasteiger partial charge in [0.05, 0.1) is 20.3 Å². The van der Waals surface area contributed by atoms with E-state index in [1.165, 1.54) is 5.56 Å². The summed E-state index contributed by atoms with van der Waals surface area (Å²) in [5, 5.41) is 18.1. The average molecular weight is 503 g/mol. The molecule has 36 heavy (non-hydrogen) atoms. The average Bonchev–Trinajstić information content (AvgIpc) is 2.88. The summed E-state index contributed by atoms with van der Waals surface area (Å²) in [4.78, 5) is 33.1. The smallest absolute Gasteiger partial charge is 0.414 e. The summed E-state index contributed by atoms with van der Waals surface area (Å²) < 4.78 is 11.5. The van der Waals surface area contributed by atoms with Crippen LogP contribution in [0, 0.1) is 0 Å². The van der Waals surface area contributed by atoms with Gasteiger partial charge in [-0.2, -0.15) is 0 Å². The van der Waals surface area contributed by atoms with Crippen molar-refractivity contribution in [2.45, 2.75) is 46.1 Å². The molecule has 2 rings (SSSR count). The molecule has 0 aliphatic carbocycles. The van der Waals surface area contributed by atoms with Gasteiger partial charge in [0.2, 0.25) is 5.91 Å². The summed E-state index contributed by atoms with van der Waals surface area (Å²) in [5.41, 5.74) is 2.19. The fourth-order valence-corrected chi connectivity index (χ4v) is 3.23. The Morgan fingerprint density at radius 2 is 1.64 bits per heavy atom. The minimum Gasteiger partial charge on any atom is -0.493 e. The van der Waals surface area contributed by atoms with E-state index in [-0.39, 0.29) is 5.91 Å². The number of carboxylic acids is 2. The van der Waals surface area contributed by atoms with Crippen LogP contribution in [0.25, 0.3) is 0 Å². The minimum atomic E-state index is -1.82. The van der Waals surface area contributed by atoms with Crippen LogP contribution in [0.5, 0.6) is 11.5 Å². The minimum absolute atomic E-state index is 0.103. The lowest BCUT2D eigenvalue weighted by Crippen LogP contribution is -2.39. The van der Waals surface area contributed by atoms with Crippen LogP contribution in [0.3, 0.4) is 0 Å². The Bertz CT molecular complexity index is 923. The third kappa shape index (κ3) is 11.7. The number of nitrogens with zero attached hydrogens (tertiary/aromatic N) is 1. The fraction of sp³-hybridized carbons (Fsp3) is 0.444. The lowest BCUT2D eigenvalue weighted by atomic mass is 10.1. The van der Waals surface area contributed by atoms with Crippen LogP contribution in [0.2, 0.25) is 0 Å². The second kappa shape index (κ2) is 17.8. The number of unbranched alkanes of at least 4 members (excludes halogenated alkanes) is 1. The molecular formula is C27H38N2O7. The quantitative estimate of drug-likeness (QED) is 0.264. The number of aliphatic carboxylic acids is 2. The van der Waals surface area contributed by atoms with Gasteiger partial charge in [0.15, 0.2) is 11.5 Å². The van der Waals surface area contributed by atoms with Crippen molar-refractivity contribution in [3.05, 3.63) is 59.7 Å². The molecule has 198 valence electrons. The van der Waals surface area contributed by atoms with Crippen LogP contribution >= 0.6 is 0 Å². The molecule has 0 aliphatic heterocycles. The number of nitrogens with one attached hydrogen (secondary N) is 1. The number of hydrogen-bond donors (Lipinski definition) is 3. The zero-order valence-electron chi connectivity index (χ0n) is 21.4. The first-order valence-corrected chi connectivity index (χ1v) is 12.1. The summed E-state index contributed by atoms with van der Waals surface area (Å²) in [6.45, 7) is 7.20. The molecular weight excluding hydrogens is 464 g/mol. The molecule has 9 heteroatoms. The van der Waals surface area contributed by atoms with Crippen molar-refractivity contribution in [2.24, 2.45) is 0 Å². The molecule has 0 unspecified atom stereocenters. The Morgan fingerprint density at radius 3 is 2.22 bits per heavy atom. The van der Waals surface area contributed by atoms with Gasteiger partial charge in [-0.15, -0.1) is 0 Å². The van der Waals surface area contributed by atoms with Crippen LogP contribution in [-0.4, -0.2) is 66.3 Å². The second-order valence-corrected chi connectivity index (χ2v) is 7.99. The Morgan fingerprint density at radius 1 is 0.944 bits per heavy atom. The lowest BCUT2D eigenvalue weighted by Gasteiger charge is -2.25. The largest absolute Gasteiger partial charge is 0.493 e. The normalized spacial score (nSPS) is 10.1. The molecule has 3 N–H and O–H groups in total. The Labute approximate surface area is 213 Å². The number of rotatable bonds is 14. The summed E-state index contributed by atoms with van der Waals surface area (Å²) in [7, 11) is 1.65. The van der Waals surface area contributed by atoms with Gasteiger partial charge in [-0.25, -0.2) is 9.59 Å². The molecule has 0 aromatic heterocycles. The van der Waals surface area contributed by atoms with Crippen LogP contribution in [-0.2, 0) is 27.3 Å². The predicted molar refractivity (Wildman–Crippen MR) is 137 cm³/mol. The molecule has 0 heterocycles. The molecule has 2 aromatic carbocycles. The van der Waals surface area contributed by atoms with Gasteiger partial charge in [0, 0.05) is 18.7 Å². The van der Waals surface area contributed by atoms with Crippen molar-refractivity contribution in [2.75, 3.05) is 33.4 Å². The molecule has 2 aromatic rings. The van der Waals surface area contributed by atoms with Crippen molar-refractivity contribution in [1.29, 1.82) is 0 Å². The molecule has 1 amide bonds. The molecule has 0 radical (unpaired) electrons. The van der Waals surface area contributed by atoms with Crippen molar-refractivity contribution in [3.8, 4) is 11.5 Å². The number of para-hydroxylation sites is 1. The molecule has 0 spiro atoms. The van der Waals surface area contributed by atoms with E-state index in [0.29, 0.717) is 32.0 Å². The molecule has 0 atom stereocenters. The maximum atomic E-state index is 13.0. The standard InChI is InChI=1S/C25H36N2O3.C2H2O4/c1-4-6-16-26-19-24(28)27(17-15-21-11-8-7-9-12-21)20-22-13-10-14-23(29-3)25(22)30-18-5-2;3-1(4)2(5)6/h7-14,26H,4-6,15-20H2,1-3H3;(H,3,4)(H,5,6). The fourth-order valence-electron chi connectivity index (χ4n) is 3.23. The monoisotopic (exact) mass is 502 g/mol. The van der Waals surface area contributed by atoms with Gasteiger partial charge >= 0.3 is 11.9 Å². The van der Waals surface area contributed by atoms with Crippen molar-refractivity contribution in [3.63, 3.8) is 0 Å². The number of carboxylic acid groups (broad SMARTS) is 2. The van der Waals surface area contributed by atoms with E-state index in [4.69, 9.17) is 29.3 Å². The number of methoxy groups -OCH3 is 1. The number of ether oxygens (including phenoxy) is 2. The number of hydrogen-bond acceptors (Lipinski definition) is 6. The second-order valence-electron chi connectivity index (χ2n) is 7.99. The first kappa shape index (κ1) is 30.4. The Hall–Kier alpha value is -3.59. The summed E-state index contributed by atoms with van der Waals surface area (Å²) >= 11 is 0. The first-order chi connectivity index (χ1) is 17.3. The van der Waals surface area contributed by atoms with Crippen LogP contribution in [0.1, 0.15) is 44.2 Å². The van der Waals surface area contributed by atoms with E-state index in [1.807, 2.05) is 41.3 Å². The Kier molecular flexibility index (Phi) is 15.0. The highest BCUT2D eigenvalue weighted by atomic mass is 16.5. The first-order valence-electron chi connectivity index (χ1n) is 12.1. The third-order valence-corrected chi connectivity index (χ3v) is 5.12. The van der Waals surface area contributed by atoms with Gasteiger partial charge < -0.3 is 29.9 Å². The van der Waals surface area contributed by atoms with Gasteiger partial charge in [-0.3, -0.25) is 4.79 Å². The van der Waals surface area contributed by atoms with Crippen molar-refractivity contribution in [1.82, 2.24) is 10.2 Å². The topological polar surface area (TPSA) is 125 Å². The predicted octanol–water partition coefficient (Wildman–Crippen LogP) is 3.60. The molecule has 0 saturated heterocycles. The molecule has 0 aliphatic rings. The Balaban J connectivity index is 0.000000960. The van der Waals surface area contributed by atoms with Gasteiger partial charge in [0.1, 0.15) is 0 Å². The van der Waals surface area contributed by atoms with Crippen LogP contribution < -0.4 is 14.8 Å². The molecule has 0 bridgehead atoms. The number of benzene rings is 2. The highest BCUT2D eigenvalue weighted by Gasteiger charge is 2.18. The van der Waals surface area contributed by atoms with E-state index in [2.05, 4.69) is 31.3 Å². The van der Waals surface area contributed by atoms with Crippen LogP contribution in [0.15, 0.2) is 48.5 Å². The zero-order chi connectivity index (χ0) is 26.8. The maximum absolute atomic E-state index is 13.0. The molecule has 0 fully saturated rings. The van der Waals surface area contributed by atoms with E-state index in [1.54, 1.807) is 7.11 Å². The number of carbonyl (C=O) groups excluding carboxylic acids is 1. The highest BCUT2D eigenvalue weighted by molar-refractivity contribution is 6.27. The molecule has 0 saturated carbocycles. The van der Waals surface area contributed by atoms with E-state index >= 15 is 0 Å². The van der Waals surface area contributed by atoms with E-state index in [9.17, 15) is 4.79 Å². The highest BCUT2D eigenvalue weighted by Crippen LogP contribution is 2.32. The van der Waals surface area contributed by atoms with Gasteiger partial charge in [-0.05, 0) is 37.4 Å². The lowest BCUT2D eigenvalue weighted by molar-refractivity contribution is -0.159. The summed E-state index contributed by atoms with van der Waals surface area (Å²) in [5.74, 6) is -2.10. The SMILES string of the molecule is CCCCNCC(=O)N(CCc1ccccc1)Cc1cccc(OC)c1OCCC.O=C(O)C(=O)O. The van der Waals surface area contributed by atoms with Crippen molar-refractivity contribution >= 4 is 17.8 Å². The zero-order valence-corrected chi connectivity index (χ0v) is 21.4.